The minimum absolute atomic E-state index is 0.512. The maximum atomic E-state index is 10.5. The highest BCUT2D eigenvalue weighted by atomic mass is 32.1. The summed E-state index contributed by atoms with van der Waals surface area (Å²) in [5.41, 5.74) is 2.94. The number of rotatable bonds is 4. The second kappa shape index (κ2) is 5.03. The van der Waals surface area contributed by atoms with Gasteiger partial charge in [0.25, 0.3) is 0 Å². The second-order valence-electron chi connectivity index (χ2n) is 3.64. The first-order valence-corrected chi connectivity index (χ1v) is 6.21. The first-order valence-electron chi connectivity index (χ1n) is 5.33. The first kappa shape index (κ1) is 11.0. The predicted octanol–water partition coefficient (Wildman–Crippen LogP) is 3.58. The molecule has 0 atom stereocenters. The van der Waals surface area contributed by atoms with Gasteiger partial charge in [0.05, 0.1) is 0 Å². The Kier molecular flexibility index (Phi) is 3.47. The van der Waals surface area contributed by atoms with Crippen molar-refractivity contribution in [3.63, 3.8) is 0 Å². The number of aryl methyl sites for hydroxylation is 1. The molecule has 0 saturated carbocycles. The molecule has 0 aliphatic heterocycles. The Morgan fingerprint density at radius 2 is 2.06 bits per heavy atom. The van der Waals surface area contributed by atoms with E-state index in [9.17, 15) is 4.79 Å². The van der Waals surface area contributed by atoms with Crippen LogP contribution in [0.1, 0.15) is 29.4 Å². The molecule has 0 unspecified atom stereocenters. The molecule has 1 aromatic carbocycles. The van der Waals surface area contributed by atoms with Gasteiger partial charge in [-0.15, -0.1) is 11.3 Å². The highest BCUT2D eigenvalue weighted by molar-refractivity contribution is 7.13. The van der Waals surface area contributed by atoms with E-state index in [0.717, 1.165) is 29.7 Å². The summed E-state index contributed by atoms with van der Waals surface area (Å²) in [5.74, 6) is 0. The highest BCUT2D eigenvalue weighted by Gasteiger charge is 2.03. The Hall–Kier alpha value is -1.48. The molecule has 2 nitrogen and oxygen atoms in total. The van der Waals surface area contributed by atoms with Crippen LogP contribution in [0.4, 0.5) is 0 Å². The number of thiazole rings is 1. The van der Waals surface area contributed by atoms with Gasteiger partial charge in [-0.25, -0.2) is 4.98 Å². The third-order valence-electron chi connectivity index (χ3n) is 2.38. The van der Waals surface area contributed by atoms with Gasteiger partial charge in [0.1, 0.15) is 10.7 Å². The number of benzene rings is 1. The molecule has 0 radical (unpaired) electrons. The molecule has 0 saturated heterocycles. The van der Waals surface area contributed by atoms with Crippen molar-refractivity contribution < 1.29 is 4.79 Å². The number of hydrogen-bond donors (Lipinski definition) is 0. The molecule has 82 valence electrons. The van der Waals surface area contributed by atoms with E-state index in [1.54, 1.807) is 5.38 Å². The fraction of sp³-hybridized carbons (Fsp3) is 0.231. The van der Waals surface area contributed by atoms with Gasteiger partial charge in [-0.05, 0) is 12.0 Å². The van der Waals surface area contributed by atoms with Crippen LogP contribution in [-0.2, 0) is 6.42 Å². The molecule has 2 rings (SSSR count). The normalized spacial score (nSPS) is 10.3. The lowest BCUT2D eigenvalue weighted by molar-refractivity contribution is 0.111. The maximum Gasteiger partial charge on any atom is 0.169 e. The molecule has 3 heteroatoms. The van der Waals surface area contributed by atoms with E-state index >= 15 is 0 Å². The van der Waals surface area contributed by atoms with E-state index in [4.69, 9.17) is 0 Å². The predicted molar refractivity (Wildman–Crippen MR) is 66.9 cm³/mol. The smallest absolute Gasteiger partial charge is 0.169 e. The van der Waals surface area contributed by atoms with Crippen molar-refractivity contribution in [2.45, 2.75) is 19.8 Å². The van der Waals surface area contributed by atoms with Crippen LogP contribution in [0.5, 0.6) is 0 Å². The molecule has 0 fully saturated rings. The van der Waals surface area contributed by atoms with Crippen molar-refractivity contribution in [3.8, 4) is 10.6 Å². The number of carbonyl (C=O) groups is 1. The Morgan fingerprint density at radius 3 is 2.62 bits per heavy atom. The minimum Gasteiger partial charge on any atom is -0.296 e. The molecule has 0 bridgehead atoms. The fourth-order valence-electron chi connectivity index (χ4n) is 1.58. The van der Waals surface area contributed by atoms with Crippen molar-refractivity contribution in [2.24, 2.45) is 0 Å². The molecule has 2 aromatic rings. The molecule has 0 aliphatic rings. The summed E-state index contributed by atoms with van der Waals surface area (Å²) < 4.78 is 0. The lowest BCUT2D eigenvalue weighted by atomic mass is 10.1. The second-order valence-corrected chi connectivity index (χ2v) is 4.50. The van der Waals surface area contributed by atoms with E-state index in [1.165, 1.54) is 16.9 Å². The van der Waals surface area contributed by atoms with E-state index in [1.807, 2.05) is 0 Å². The van der Waals surface area contributed by atoms with Crippen molar-refractivity contribution in [1.82, 2.24) is 4.98 Å². The van der Waals surface area contributed by atoms with Crippen LogP contribution in [0.25, 0.3) is 10.6 Å². The largest absolute Gasteiger partial charge is 0.296 e. The first-order chi connectivity index (χ1) is 7.83. The summed E-state index contributed by atoms with van der Waals surface area (Å²) in [6, 6.07) is 8.39. The van der Waals surface area contributed by atoms with Gasteiger partial charge >= 0.3 is 0 Å². The van der Waals surface area contributed by atoms with E-state index in [2.05, 4.69) is 36.2 Å². The quantitative estimate of drug-likeness (QED) is 0.753. The molecule has 1 heterocycles. The highest BCUT2D eigenvalue weighted by Crippen LogP contribution is 2.23. The van der Waals surface area contributed by atoms with Crippen LogP contribution in [0.3, 0.4) is 0 Å². The van der Waals surface area contributed by atoms with E-state index in [0.29, 0.717) is 5.69 Å². The Balaban J connectivity index is 2.23. The van der Waals surface area contributed by atoms with Crippen molar-refractivity contribution >= 4 is 17.6 Å². The van der Waals surface area contributed by atoms with Crippen LogP contribution in [0.15, 0.2) is 29.6 Å². The van der Waals surface area contributed by atoms with Crippen molar-refractivity contribution in [2.75, 3.05) is 0 Å². The van der Waals surface area contributed by atoms with Gasteiger partial charge < -0.3 is 0 Å². The number of carbonyl (C=O) groups excluding carboxylic acids is 1. The number of hydrogen-bond acceptors (Lipinski definition) is 3. The lowest BCUT2D eigenvalue weighted by Gasteiger charge is -2.00. The lowest BCUT2D eigenvalue weighted by Crippen LogP contribution is -1.84. The Labute approximate surface area is 99.0 Å². The van der Waals surface area contributed by atoms with Gasteiger partial charge in [-0.3, -0.25) is 4.79 Å². The van der Waals surface area contributed by atoms with Crippen LogP contribution < -0.4 is 0 Å². The fourth-order valence-corrected chi connectivity index (χ4v) is 2.35. The third kappa shape index (κ3) is 2.36. The zero-order valence-electron chi connectivity index (χ0n) is 9.14. The Morgan fingerprint density at radius 1 is 1.31 bits per heavy atom. The number of aromatic nitrogens is 1. The molecule has 0 spiro atoms. The topological polar surface area (TPSA) is 30.0 Å². The minimum atomic E-state index is 0.512. The molecular formula is C13H13NOS. The van der Waals surface area contributed by atoms with Crippen molar-refractivity contribution in [1.29, 1.82) is 0 Å². The summed E-state index contributed by atoms with van der Waals surface area (Å²) in [7, 11) is 0. The number of nitrogens with zero attached hydrogens (tertiary/aromatic N) is 1. The van der Waals surface area contributed by atoms with E-state index < -0.39 is 0 Å². The van der Waals surface area contributed by atoms with E-state index in [-0.39, 0.29) is 0 Å². The average molecular weight is 231 g/mol. The van der Waals surface area contributed by atoms with Gasteiger partial charge in [0.15, 0.2) is 6.29 Å². The Bertz CT molecular complexity index is 473. The van der Waals surface area contributed by atoms with Gasteiger partial charge in [0.2, 0.25) is 0 Å². The maximum absolute atomic E-state index is 10.5. The zero-order valence-corrected chi connectivity index (χ0v) is 9.96. The molecule has 0 aliphatic carbocycles. The summed E-state index contributed by atoms with van der Waals surface area (Å²) in [5, 5.41) is 2.69. The number of aldehydes is 1. The molecule has 0 N–H and O–H groups in total. The van der Waals surface area contributed by atoms with Gasteiger partial charge in [-0.2, -0.15) is 0 Å². The van der Waals surface area contributed by atoms with Gasteiger partial charge in [-0.1, -0.05) is 37.6 Å². The molecular weight excluding hydrogens is 218 g/mol. The SMILES string of the molecule is CCCc1ccc(-c2nc(C=O)cs2)cc1. The van der Waals surface area contributed by atoms with Crippen LogP contribution in [0.2, 0.25) is 0 Å². The molecule has 0 amide bonds. The third-order valence-corrected chi connectivity index (χ3v) is 3.29. The van der Waals surface area contributed by atoms with Gasteiger partial charge in [0, 0.05) is 10.9 Å². The summed E-state index contributed by atoms with van der Waals surface area (Å²) in [6.07, 6.45) is 3.05. The van der Waals surface area contributed by atoms with Crippen LogP contribution in [0, 0.1) is 0 Å². The van der Waals surface area contributed by atoms with Crippen LogP contribution >= 0.6 is 11.3 Å². The average Bonchev–Trinajstić information content (AvgIpc) is 2.79. The molecule has 16 heavy (non-hydrogen) atoms. The summed E-state index contributed by atoms with van der Waals surface area (Å²) in [6.45, 7) is 2.17. The standard InChI is InChI=1S/C13H13NOS/c1-2-3-10-4-6-11(7-5-10)13-14-12(8-15)9-16-13/h4-9H,2-3H2,1H3. The van der Waals surface area contributed by atoms with Crippen molar-refractivity contribution in [3.05, 3.63) is 40.9 Å². The zero-order chi connectivity index (χ0) is 11.4. The van der Waals surface area contributed by atoms with Crippen LogP contribution in [-0.4, -0.2) is 11.3 Å². The summed E-state index contributed by atoms with van der Waals surface area (Å²) in [4.78, 5) is 14.8. The monoisotopic (exact) mass is 231 g/mol. The molecule has 1 aromatic heterocycles. The summed E-state index contributed by atoms with van der Waals surface area (Å²) >= 11 is 1.50.